The zero-order valence-corrected chi connectivity index (χ0v) is 20.7. The average Bonchev–Trinajstić information content (AvgIpc) is 2.84. The number of nitrogens with one attached hydrogen (secondary N) is 1. The summed E-state index contributed by atoms with van der Waals surface area (Å²) in [5.74, 6) is 0.931. The van der Waals surface area contributed by atoms with Crippen LogP contribution in [0.25, 0.3) is 0 Å². The summed E-state index contributed by atoms with van der Waals surface area (Å²) < 4.78 is 5.48. The number of hydrogen-bond acceptors (Lipinski definition) is 4. The molecule has 1 N–H and O–H groups in total. The van der Waals surface area contributed by atoms with Gasteiger partial charge in [0.15, 0.2) is 0 Å². The molecule has 2 fully saturated rings. The molecule has 2 aliphatic heterocycles. The van der Waals surface area contributed by atoms with E-state index < -0.39 is 0 Å². The minimum atomic E-state index is -0.129. The molecule has 2 aromatic rings. The predicted molar refractivity (Wildman–Crippen MR) is 134 cm³/mol. The quantitative estimate of drug-likeness (QED) is 0.705. The maximum atomic E-state index is 13.1. The van der Waals surface area contributed by atoms with Gasteiger partial charge in [-0.2, -0.15) is 0 Å². The first kappa shape index (κ1) is 24.3. The van der Waals surface area contributed by atoms with Crippen LogP contribution in [-0.4, -0.2) is 60.9 Å². The van der Waals surface area contributed by atoms with Crippen molar-refractivity contribution in [2.75, 3.05) is 33.3 Å². The zero-order chi connectivity index (χ0) is 24.1. The molecule has 0 saturated carbocycles. The lowest BCUT2D eigenvalue weighted by Crippen LogP contribution is -2.50. The van der Waals surface area contributed by atoms with Gasteiger partial charge in [0.1, 0.15) is 5.75 Å². The molecular formula is C28H37N3O3. The molecule has 6 nitrogen and oxygen atoms in total. The van der Waals surface area contributed by atoms with Crippen molar-refractivity contribution in [3.8, 4) is 5.75 Å². The maximum Gasteiger partial charge on any atom is 0.253 e. The normalized spacial score (nSPS) is 19.6. The van der Waals surface area contributed by atoms with Crippen molar-refractivity contribution in [3.63, 3.8) is 0 Å². The van der Waals surface area contributed by atoms with Crippen molar-refractivity contribution in [2.45, 2.75) is 52.1 Å². The summed E-state index contributed by atoms with van der Waals surface area (Å²) in [4.78, 5) is 30.4. The zero-order valence-electron chi connectivity index (χ0n) is 20.7. The van der Waals surface area contributed by atoms with Crippen LogP contribution in [0.15, 0.2) is 42.5 Å². The van der Waals surface area contributed by atoms with E-state index in [2.05, 4.69) is 22.3 Å². The third-order valence-corrected chi connectivity index (χ3v) is 7.07. The van der Waals surface area contributed by atoms with Gasteiger partial charge in [-0.3, -0.25) is 14.5 Å². The van der Waals surface area contributed by atoms with Gasteiger partial charge in [-0.25, -0.2) is 0 Å². The number of nitrogens with zero attached hydrogens (tertiary/aromatic N) is 2. The van der Waals surface area contributed by atoms with Crippen LogP contribution in [0, 0.1) is 19.8 Å². The van der Waals surface area contributed by atoms with E-state index in [0.29, 0.717) is 6.54 Å². The number of benzene rings is 2. The number of amides is 2. The second-order valence-electron chi connectivity index (χ2n) is 9.84. The Morgan fingerprint density at radius 1 is 1.00 bits per heavy atom. The molecule has 1 unspecified atom stereocenters. The van der Waals surface area contributed by atoms with E-state index in [-0.39, 0.29) is 23.8 Å². The van der Waals surface area contributed by atoms with E-state index in [0.717, 1.165) is 74.3 Å². The van der Waals surface area contributed by atoms with E-state index in [4.69, 9.17) is 4.74 Å². The Morgan fingerprint density at radius 2 is 1.71 bits per heavy atom. The Bertz CT molecular complexity index is 993. The van der Waals surface area contributed by atoms with Crippen LogP contribution in [-0.2, 0) is 11.3 Å². The van der Waals surface area contributed by atoms with Gasteiger partial charge >= 0.3 is 0 Å². The van der Waals surface area contributed by atoms with Gasteiger partial charge in [-0.05, 0) is 57.7 Å². The molecule has 1 atom stereocenters. The molecule has 2 aromatic carbocycles. The van der Waals surface area contributed by atoms with E-state index >= 15 is 0 Å². The fourth-order valence-corrected chi connectivity index (χ4v) is 5.29. The summed E-state index contributed by atoms with van der Waals surface area (Å²) in [6, 6.07) is 14.3. The first-order valence-corrected chi connectivity index (χ1v) is 12.4. The molecule has 34 heavy (non-hydrogen) atoms. The maximum absolute atomic E-state index is 13.1. The Labute approximate surface area is 203 Å². The minimum Gasteiger partial charge on any atom is -0.496 e. The van der Waals surface area contributed by atoms with E-state index in [1.165, 1.54) is 5.56 Å². The summed E-state index contributed by atoms with van der Waals surface area (Å²) >= 11 is 0. The number of para-hydroxylation sites is 1. The SMILES string of the molecule is COc1ccccc1CN1CCC(NC(=O)C2CCCN(C(=O)c3cc(C)cc(C)c3)C2)CC1. The average molecular weight is 464 g/mol. The first-order chi connectivity index (χ1) is 16.4. The Hall–Kier alpha value is -2.86. The van der Waals surface area contributed by atoms with Crippen molar-refractivity contribution in [3.05, 3.63) is 64.7 Å². The van der Waals surface area contributed by atoms with Crippen molar-refractivity contribution >= 4 is 11.8 Å². The van der Waals surface area contributed by atoms with Crippen molar-refractivity contribution in [1.82, 2.24) is 15.1 Å². The highest BCUT2D eigenvalue weighted by molar-refractivity contribution is 5.95. The molecule has 2 amide bonds. The molecule has 2 saturated heterocycles. The highest BCUT2D eigenvalue weighted by atomic mass is 16.5. The summed E-state index contributed by atoms with van der Waals surface area (Å²) in [5.41, 5.74) is 4.10. The number of carbonyl (C=O) groups excluding carboxylic acids is 2. The molecule has 2 heterocycles. The highest BCUT2D eigenvalue weighted by Crippen LogP contribution is 2.23. The predicted octanol–water partition coefficient (Wildman–Crippen LogP) is 3.95. The number of ether oxygens (including phenoxy) is 1. The van der Waals surface area contributed by atoms with Crippen molar-refractivity contribution < 1.29 is 14.3 Å². The third kappa shape index (κ3) is 5.98. The van der Waals surface area contributed by atoms with E-state index in [1.54, 1.807) is 7.11 Å². The number of carbonyl (C=O) groups is 2. The fourth-order valence-electron chi connectivity index (χ4n) is 5.29. The van der Waals surface area contributed by atoms with Crippen molar-refractivity contribution in [1.29, 1.82) is 0 Å². The standard InChI is InChI=1S/C28H37N3O3/c1-20-15-21(2)17-24(16-20)28(33)31-12-6-8-23(19-31)27(32)29-25-10-13-30(14-11-25)18-22-7-4-5-9-26(22)34-3/h4-5,7,9,15-17,23,25H,6,8,10-14,18-19H2,1-3H3,(H,29,32). The summed E-state index contributed by atoms with van der Waals surface area (Å²) in [6.07, 6.45) is 3.60. The number of piperidine rings is 2. The van der Waals surface area contributed by atoms with Crippen LogP contribution in [0.2, 0.25) is 0 Å². The Morgan fingerprint density at radius 3 is 2.41 bits per heavy atom. The Kier molecular flexibility index (Phi) is 7.88. The molecule has 0 aliphatic carbocycles. The molecule has 2 aliphatic rings. The summed E-state index contributed by atoms with van der Waals surface area (Å²) in [7, 11) is 1.71. The molecule has 0 bridgehead atoms. The van der Waals surface area contributed by atoms with Gasteiger partial charge in [0, 0.05) is 49.9 Å². The minimum absolute atomic E-state index is 0.0361. The number of likely N-dealkylation sites (tertiary alicyclic amines) is 2. The molecule has 4 rings (SSSR count). The van der Waals surface area contributed by atoms with Gasteiger partial charge in [-0.15, -0.1) is 0 Å². The van der Waals surface area contributed by atoms with Crippen LogP contribution >= 0.6 is 0 Å². The Balaban J connectivity index is 1.27. The molecule has 0 spiro atoms. The molecule has 0 radical (unpaired) electrons. The molecule has 0 aromatic heterocycles. The third-order valence-electron chi connectivity index (χ3n) is 7.07. The number of aryl methyl sites for hydroxylation is 2. The van der Waals surface area contributed by atoms with E-state index in [9.17, 15) is 9.59 Å². The topological polar surface area (TPSA) is 61.9 Å². The number of hydrogen-bond donors (Lipinski definition) is 1. The molecule has 6 heteroatoms. The van der Waals surface area contributed by atoms with Gasteiger partial charge in [-0.1, -0.05) is 35.4 Å². The number of rotatable bonds is 6. The van der Waals surface area contributed by atoms with Crippen LogP contribution in [0.4, 0.5) is 0 Å². The van der Waals surface area contributed by atoms with Gasteiger partial charge in [0.2, 0.25) is 5.91 Å². The first-order valence-electron chi connectivity index (χ1n) is 12.4. The lowest BCUT2D eigenvalue weighted by Gasteiger charge is -2.35. The number of methoxy groups -OCH3 is 1. The lowest BCUT2D eigenvalue weighted by atomic mass is 9.95. The van der Waals surface area contributed by atoms with Crippen LogP contribution in [0.3, 0.4) is 0 Å². The summed E-state index contributed by atoms with van der Waals surface area (Å²) in [5, 5.41) is 3.28. The second-order valence-corrected chi connectivity index (χ2v) is 9.84. The largest absolute Gasteiger partial charge is 0.496 e. The smallest absolute Gasteiger partial charge is 0.253 e. The van der Waals surface area contributed by atoms with Crippen LogP contribution < -0.4 is 10.1 Å². The molecule has 182 valence electrons. The summed E-state index contributed by atoms with van der Waals surface area (Å²) in [6.45, 7) is 8.01. The van der Waals surface area contributed by atoms with Gasteiger partial charge in [0.25, 0.3) is 5.91 Å². The van der Waals surface area contributed by atoms with Crippen LogP contribution in [0.1, 0.15) is 52.7 Å². The molecular weight excluding hydrogens is 426 g/mol. The fraction of sp³-hybridized carbons (Fsp3) is 0.500. The van der Waals surface area contributed by atoms with Crippen molar-refractivity contribution in [2.24, 2.45) is 5.92 Å². The van der Waals surface area contributed by atoms with Gasteiger partial charge in [0.05, 0.1) is 13.0 Å². The van der Waals surface area contributed by atoms with Gasteiger partial charge < -0.3 is 15.0 Å². The van der Waals surface area contributed by atoms with Crippen LogP contribution in [0.5, 0.6) is 5.75 Å². The lowest BCUT2D eigenvalue weighted by molar-refractivity contribution is -0.127. The monoisotopic (exact) mass is 463 g/mol. The second kappa shape index (κ2) is 11.0. The highest BCUT2D eigenvalue weighted by Gasteiger charge is 2.31. The van der Waals surface area contributed by atoms with E-state index in [1.807, 2.05) is 49.1 Å².